The minimum atomic E-state index is 0.149. The van der Waals surface area contributed by atoms with Crippen molar-refractivity contribution in [1.29, 1.82) is 0 Å². The van der Waals surface area contributed by atoms with Crippen molar-refractivity contribution in [3.63, 3.8) is 0 Å². The molecule has 0 radical (unpaired) electrons. The Labute approximate surface area is 88.0 Å². The minimum absolute atomic E-state index is 0.149. The van der Waals surface area contributed by atoms with Crippen LogP contribution >= 0.6 is 15.9 Å². The van der Waals surface area contributed by atoms with E-state index in [1.807, 2.05) is 0 Å². The first-order valence-corrected chi connectivity index (χ1v) is 6.00. The van der Waals surface area contributed by atoms with Gasteiger partial charge < -0.3 is 10.2 Å². The molecule has 1 heterocycles. The molecule has 1 aliphatic rings. The van der Waals surface area contributed by atoms with Crippen LogP contribution in [0.15, 0.2) is 0 Å². The molecule has 0 unspecified atom stereocenters. The van der Waals surface area contributed by atoms with Gasteiger partial charge >= 0.3 is 0 Å². The van der Waals surface area contributed by atoms with Gasteiger partial charge in [0.2, 0.25) is 5.91 Å². The van der Waals surface area contributed by atoms with Crippen molar-refractivity contribution in [2.24, 2.45) is 0 Å². The summed E-state index contributed by atoms with van der Waals surface area (Å²) in [5, 5.41) is 3.65. The van der Waals surface area contributed by atoms with Gasteiger partial charge in [-0.25, -0.2) is 0 Å². The third-order valence-corrected chi connectivity index (χ3v) is 2.67. The standard InChI is InChI=1S/C9H17BrN2O/c10-4-3-9(13)11-5-8-12-6-1-2-7-12/h1-8H2,(H,11,13). The minimum Gasteiger partial charge on any atom is -0.355 e. The molecule has 0 bridgehead atoms. The predicted molar refractivity (Wildman–Crippen MR) is 57.1 cm³/mol. The lowest BCUT2D eigenvalue weighted by atomic mass is 10.4. The Kier molecular flexibility index (Phi) is 5.39. The molecule has 4 heteroatoms. The molecular weight excluding hydrogens is 232 g/mol. The number of amides is 1. The molecule has 0 saturated carbocycles. The average molecular weight is 249 g/mol. The molecule has 1 amide bonds. The molecular formula is C9H17BrN2O. The van der Waals surface area contributed by atoms with Gasteiger partial charge in [0.15, 0.2) is 0 Å². The van der Waals surface area contributed by atoms with E-state index in [-0.39, 0.29) is 5.91 Å². The molecule has 0 aromatic carbocycles. The summed E-state index contributed by atoms with van der Waals surface area (Å²) in [6.45, 7) is 4.21. The van der Waals surface area contributed by atoms with Gasteiger partial charge in [-0.15, -0.1) is 0 Å². The Morgan fingerprint density at radius 3 is 2.69 bits per heavy atom. The van der Waals surface area contributed by atoms with Crippen molar-refractivity contribution in [1.82, 2.24) is 10.2 Å². The summed E-state index contributed by atoms with van der Waals surface area (Å²) in [5.74, 6) is 0.149. The van der Waals surface area contributed by atoms with Crippen LogP contribution < -0.4 is 5.32 Å². The lowest BCUT2D eigenvalue weighted by Gasteiger charge is -2.14. The monoisotopic (exact) mass is 248 g/mol. The van der Waals surface area contributed by atoms with Crippen LogP contribution in [0.2, 0.25) is 0 Å². The maximum absolute atomic E-state index is 11.1. The van der Waals surface area contributed by atoms with Crippen molar-refractivity contribution >= 4 is 21.8 Å². The number of nitrogens with one attached hydrogen (secondary N) is 1. The normalized spacial score (nSPS) is 17.6. The lowest BCUT2D eigenvalue weighted by Crippen LogP contribution is -2.33. The van der Waals surface area contributed by atoms with Crippen LogP contribution in [-0.2, 0) is 4.79 Å². The fourth-order valence-corrected chi connectivity index (χ4v) is 1.89. The zero-order chi connectivity index (χ0) is 9.52. The van der Waals surface area contributed by atoms with E-state index in [4.69, 9.17) is 0 Å². The highest BCUT2D eigenvalue weighted by molar-refractivity contribution is 9.09. The van der Waals surface area contributed by atoms with Crippen LogP contribution in [0.4, 0.5) is 0 Å². The second-order valence-electron chi connectivity index (χ2n) is 3.34. The summed E-state index contributed by atoms with van der Waals surface area (Å²) < 4.78 is 0. The molecule has 3 nitrogen and oxygen atoms in total. The van der Waals surface area contributed by atoms with Gasteiger partial charge in [0.1, 0.15) is 0 Å². The first kappa shape index (κ1) is 11.0. The number of carbonyl (C=O) groups excluding carboxylic acids is 1. The summed E-state index contributed by atoms with van der Waals surface area (Å²) in [6, 6.07) is 0. The highest BCUT2D eigenvalue weighted by atomic mass is 79.9. The van der Waals surface area contributed by atoms with E-state index >= 15 is 0 Å². The van der Waals surface area contributed by atoms with Crippen molar-refractivity contribution in [3.05, 3.63) is 0 Å². The maximum atomic E-state index is 11.1. The van der Waals surface area contributed by atoms with E-state index in [0.717, 1.165) is 18.4 Å². The van der Waals surface area contributed by atoms with E-state index in [1.165, 1.54) is 25.9 Å². The Hall–Kier alpha value is -0.0900. The number of hydrogen-bond acceptors (Lipinski definition) is 2. The summed E-state index contributed by atoms with van der Waals surface area (Å²) in [6.07, 6.45) is 3.21. The summed E-state index contributed by atoms with van der Waals surface area (Å²) in [5.41, 5.74) is 0. The molecule has 1 saturated heterocycles. The Morgan fingerprint density at radius 2 is 2.08 bits per heavy atom. The van der Waals surface area contributed by atoms with Crippen molar-refractivity contribution < 1.29 is 4.79 Å². The zero-order valence-electron chi connectivity index (χ0n) is 7.89. The van der Waals surface area contributed by atoms with Gasteiger partial charge in [-0.3, -0.25) is 4.79 Å². The number of carbonyl (C=O) groups is 1. The summed E-state index contributed by atoms with van der Waals surface area (Å²) in [4.78, 5) is 13.5. The van der Waals surface area contributed by atoms with Crippen LogP contribution in [0.5, 0.6) is 0 Å². The van der Waals surface area contributed by atoms with E-state index in [0.29, 0.717) is 6.42 Å². The van der Waals surface area contributed by atoms with Crippen LogP contribution in [0.25, 0.3) is 0 Å². The number of likely N-dealkylation sites (tertiary alicyclic amines) is 1. The van der Waals surface area contributed by atoms with E-state index in [9.17, 15) is 4.79 Å². The number of alkyl halides is 1. The zero-order valence-corrected chi connectivity index (χ0v) is 9.48. The molecule has 76 valence electrons. The van der Waals surface area contributed by atoms with Crippen molar-refractivity contribution in [2.75, 3.05) is 31.5 Å². The average Bonchev–Trinajstić information content (AvgIpc) is 2.57. The molecule has 13 heavy (non-hydrogen) atoms. The van der Waals surface area contributed by atoms with Crippen molar-refractivity contribution in [2.45, 2.75) is 19.3 Å². The highest BCUT2D eigenvalue weighted by Crippen LogP contribution is 2.05. The van der Waals surface area contributed by atoms with Crippen LogP contribution in [-0.4, -0.2) is 42.3 Å². The molecule has 0 aromatic rings. The topological polar surface area (TPSA) is 32.3 Å². The van der Waals surface area contributed by atoms with Gasteiger partial charge in [0.05, 0.1) is 0 Å². The fourth-order valence-electron chi connectivity index (χ4n) is 1.53. The summed E-state index contributed by atoms with van der Waals surface area (Å²) in [7, 11) is 0. The third kappa shape index (κ3) is 4.62. The van der Waals surface area contributed by atoms with Gasteiger partial charge in [0, 0.05) is 24.8 Å². The van der Waals surface area contributed by atoms with Gasteiger partial charge in [0.25, 0.3) is 0 Å². The van der Waals surface area contributed by atoms with Gasteiger partial charge in [-0.1, -0.05) is 15.9 Å². The predicted octanol–water partition coefficient (Wildman–Crippen LogP) is 0.983. The van der Waals surface area contributed by atoms with Crippen LogP contribution in [0, 0.1) is 0 Å². The number of hydrogen-bond donors (Lipinski definition) is 1. The lowest BCUT2D eigenvalue weighted by molar-refractivity contribution is -0.120. The SMILES string of the molecule is O=C(CCBr)NCCN1CCCC1. The molecule has 1 fully saturated rings. The highest BCUT2D eigenvalue weighted by Gasteiger charge is 2.10. The summed E-state index contributed by atoms with van der Waals surface area (Å²) >= 11 is 3.24. The van der Waals surface area contributed by atoms with Crippen LogP contribution in [0.1, 0.15) is 19.3 Å². The van der Waals surface area contributed by atoms with E-state index in [1.54, 1.807) is 0 Å². The van der Waals surface area contributed by atoms with Crippen LogP contribution in [0.3, 0.4) is 0 Å². The quantitative estimate of drug-likeness (QED) is 0.737. The molecule has 0 atom stereocenters. The van der Waals surface area contributed by atoms with E-state index < -0.39 is 0 Å². The van der Waals surface area contributed by atoms with E-state index in [2.05, 4.69) is 26.1 Å². The maximum Gasteiger partial charge on any atom is 0.220 e. The molecule has 1 rings (SSSR count). The Morgan fingerprint density at radius 1 is 1.38 bits per heavy atom. The second kappa shape index (κ2) is 6.38. The first-order chi connectivity index (χ1) is 6.33. The molecule has 0 aliphatic carbocycles. The largest absolute Gasteiger partial charge is 0.355 e. The number of nitrogens with zero attached hydrogens (tertiary/aromatic N) is 1. The molecule has 0 aromatic heterocycles. The van der Waals surface area contributed by atoms with Gasteiger partial charge in [-0.2, -0.15) is 0 Å². The van der Waals surface area contributed by atoms with Gasteiger partial charge in [-0.05, 0) is 25.9 Å². The molecule has 1 N–H and O–H groups in total. The number of halogens is 1. The molecule has 1 aliphatic heterocycles. The fraction of sp³-hybridized carbons (Fsp3) is 0.889. The number of rotatable bonds is 5. The first-order valence-electron chi connectivity index (χ1n) is 4.88. The third-order valence-electron chi connectivity index (χ3n) is 2.27. The molecule has 0 spiro atoms. The smallest absolute Gasteiger partial charge is 0.220 e. The Bertz CT molecular complexity index is 158. The second-order valence-corrected chi connectivity index (χ2v) is 4.13. The Balaban J connectivity index is 1.96. The van der Waals surface area contributed by atoms with Crippen molar-refractivity contribution in [3.8, 4) is 0 Å².